The number of hydrogen-bond acceptors (Lipinski definition) is 2. The van der Waals surface area contributed by atoms with E-state index in [1.165, 1.54) is 0 Å². The zero-order valence-electron chi connectivity index (χ0n) is 9.59. The number of hydrogen-bond donors (Lipinski definition) is 2. The summed E-state index contributed by atoms with van der Waals surface area (Å²) in [6, 6.07) is 7.24. The molecule has 0 saturated heterocycles. The van der Waals surface area contributed by atoms with E-state index in [1.807, 2.05) is 26.0 Å². The molecule has 0 aliphatic heterocycles. The topological polar surface area (TPSA) is 55.1 Å². The molecule has 0 aromatic heterocycles. The van der Waals surface area contributed by atoms with E-state index in [0.29, 0.717) is 18.0 Å². The van der Waals surface area contributed by atoms with E-state index in [-0.39, 0.29) is 5.91 Å². The monoisotopic (exact) mass is 240 g/mol. The molecule has 1 rings (SSSR count). The Labute approximate surface area is 101 Å². The van der Waals surface area contributed by atoms with Crippen LogP contribution in [0, 0.1) is 0 Å². The summed E-state index contributed by atoms with van der Waals surface area (Å²) in [5.74, 6) is -0.376. The van der Waals surface area contributed by atoms with Crippen molar-refractivity contribution in [1.82, 2.24) is 5.32 Å². The minimum atomic E-state index is -0.820. The Morgan fingerprint density at radius 1 is 1.50 bits per heavy atom. The number of carbonyl (C=O) groups excluding carboxylic acids is 1. The lowest BCUT2D eigenvalue weighted by molar-refractivity contribution is -0.125. The standard InChI is InChI=1S/C12H17ClN2O/c1-3-12(11(14)16,15-4-2)9-6-5-7-10(13)8-9/h5-8,15H,3-4H2,1-2H3,(H2,14,16). The summed E-state index contributed by atoms with van der Waals surface area (Å²) in [6.45, 7) is 4.54. The molecule has 0 bridgehead atoms. The maximum absolute atomic E-state index is 11.7. The molecule has 0 aliphatic carbocycles. The van der Waals surface area contributed by atoms with Gasteiger partial charge in [0.05, 0.1) is 0 Å². The van der Waals surface area contributed by atoms with Gasteiger partial charge >= 0.3 is 0 Å². The van der Waals surface area contributed by atoms with Gasteiger partial charge in [0.1, 0.15) is 5.54 Å². The SMILES string of the molecule is CCNC(CC)(C(N)=O)c1cccc(Cl)c1. The normalized spacial score (nSPS) is 14.4. The van der Waals surface area contributed by atoms with Crippen LogP contribution in [-0.4, -0.2) is 12.5 Å². The number of halogens is 1. The molecule has 1 amide bonds. The van der Waals surface area contributed by atoms with Gasteiger partial charge in [0.15, 0.2) is 0 Å². The molecule has 0 spiro atoms. The predicted molar refractivity (Wildman–Crippen MR) is 66.3 cm³/mol. The van der Waals surface area contributed by atoms with E-state index in [9.17, 15) is 4.79 Å². The number of primary amides is 1. The van der Waals surface area contributed by atoms with E-state index >= 15 is 0 Å². The van der Waals surface area contributed by atoms with Crippen LogP contribution in [0.15, 0.2) is 24.3 Å². The first-order valence-electron chi connectivity index (χ1n) is 5.37. The summed E-state index contributed by atoms with van der Waals surface area (Å²) in [5, 5.41) is 3.76. The van der Waals surface area contributed by atoms with Crippen molar-refractivity contribution in [2.45, 2.75) is 25.8 Å². The predicted octanol–water partition coefficient (Wildman–Crippen LogP) is 2.04. The van der Waals surface area contributed by atoms with Gasteiger partial charge in [0.25, 0.3) is 0 Å². The highest BCUT2D eigenvalue weighted by Crippen LogP contribution is 2.26. The van der Waals surface area contributed by atoms with Crippen LogP contribution in [0.25, 0.3) is 0 Å². The van der Waals surface area contributed by atoms with Crippen LogP contribution in [0.4, 0.5) is 0 Å². The number of nitrogens with two attached hydrogens (primary N) is 1. The van der Waals surface area contributed by atoms with Gasteiger partial charge in [0.2, 0.25) is 5.91 Å². The zero-order chi connectivity index (χ0) is 12.2. The second-order valence-corrected chi connectivity index (χ2v) is 4.10. The summed E-state index contributed by atoms with van der Waals surface area (Å²) < 4.78 is 0. The summed E-state index contributed by atoms with van der Waals surface area (Å²) >= 11 is 5.93. The van der Waals surface area contributed by atoms with Gasteiger partial charge in [-0.15, -0.1) is 0 Å². The van der Waals surface area contributed by atoms with Crippen molar-refractivity contribution in [2.24, 2.45) is 5.73 Å². The largest absolute Gasteiger partial charge is 0.368 e. The average Bonchev–Trinajstić information content (AvgIpc) is 2.25. The Balaban J connectivity index is 3.24. The lowest BCUT2D eigenvalue weighted by Gasteiger charge is -2.31. The molecule has 88 valence electrons. The lowest BCUT2D eigenvalue weighted by atomic mass is 9.86. The van der Waals surface area contributed by atoms with Crippen molar-refractivity contribution in [1.29, 1.82) is 0 Å². The number of rotatable bonds is 5. The van der Waals surface area contributed by atoms with Crippen molar-refractivity contribution >= 4 is 17.5 Å². The fraction of sp³-hybridized carbons (Fsp3) is 0.417. The zero-order valence-corrected chi connectivity index (χ0v) is 10.3. The fourth-order valence-corrected chi connectivity index (χ4v) is 2.08. The van der Waals surface area contributed by atoms with Crippen LogP contribution >= 0.6 is 11.6 Å². The van der Waals surface area contributed by atoms with Crippen LogP contribution in [0.1, 0.15) is 25.8 Å². The van der Waals surface area contributed by atoms with Gasteiger partial charge < -0.3 is 5.73 Å². The molecule has 0 aliphatic rings. The number of nitrogens with one attached hydrogen (secondary N) is 1. The number of benzene rings is 1. The average molecular weight is 241 g/mol. The molecule has 16 heavy (non-hydrogen) atoms. The highest BCUT2D eigenvalue weighted by Gasteiger charge is 2.35. The Hall–Kier alpha value is -1.06. The minimum absolute atomic E-state index is 0.376. The van der Waals surface area contributed by atoms with Crippen LogP contribution in [0.2, 0.25) is 5.02 Å². The van der Waals surface area contributed by atoms with E-state index in [4.69, 9.17) is 17.3 Å². The quantitative estimate of drug-likeness (QED) is 0.828. The number of likely N-dealkylation sites (N-methyl/N-ethyl adjacent to an activating group) is 1. The first kappa shape index (κ1) is 13.0. The van der Waals surface area contributed by atoms with Crippen molar-refractivity contribution in [3.63, 3.8) is 0 Å². The van der Waals surface area contributed by atoms with Gasteiger partial charge in [-0.25, -0.2) is 0 Å². The fourth-order valence-electron chi connectivity index (χ4n) is 1.89. The van der Waals surface area contributed by atoms with Gasteiger partial charge in [-0.2, -0.15) is 0 Å². The van der Waals surface area contributed by atoms with Crippen molar-refractivity contribution in [3.8, 4) is 0 Å². The minimum Gasteiger partial charge on any atom is -0.368 e. The molecular weight excluding hydrogens is 224 g/mol. The molecule has 0 fully saturated rings. The first-order chi connectivity index (χ1) is 7.56. The highest BCUT2D eigenvalue weighted by molar-refractivity contribution is 6.30. The highest BCUT2D eigenvalue weighted by atomic mass is 35.5. The second-order valence-electron chi connectivity index (χ2n) is 3.66. The molecule has 1 aromatic carbocycles. The Bertz CT molecular complexity index is 381. The summed E-state index contributed by atoms with van der Waals surface area (Å²) in [6.07, 6.45) is 0.594. The smallest absolute Gasteiger partial charge is 0.242 e. The van der Waals surface area contributed by atoms with Crippen LogP contribution in [0.5, 0.6) is 0 Å². The van der Waals surface area contributed by atoms with Gasteiger partial charge in [-0.1, -0.05) is 37.6 Å². The summed E-state index contributed by atoms with van der Waals surface area (Å²) in [4.78, 5) is 11.7. The second kappa shape index (κ2) is 5.32. The molecule has 1 atom stereocenters. The number of carbonyl (C=O) groups is 1. The Kier molecular flexibility index (Phi) is 4.33. The van der Waals surface area contributed by atoms with Gasteiger partial charge in [-0.3, -0.25) is 10.1 Å². The third-order valence-corrected chi connectivity index (χ3v) is 2.98. The van der Waals surface area contributed by atoms with Crippen LogP contribution in [0.3, 0.4) is 0 Å². The van der Waals surface area contributed by atoms with Crippen LogP contribution in [-0.2, 0) is 10.3 Å². The van der Waals surface area contributed by atoms with E-state index in [0.717, 1.165) is 5.56 Å². The first-order valence-corrected chi connectivity index (χ1v) is 5.75. The molecule has 1 aromatic rings. The number of amides is 1. The van der Waals surface area contributed by atoms with Crippen LogP contribution < -0.4 is 11.1 Å². The maximum atomic E-state index is 11.7. The molecular formula is C12H17ClN2O. The van der Waals surface area contributed by atoms with E-state index in [1.54, 1.807) is 12.1 Å². The molecule has 1 unspecified atom stereocenters. The van der Waals surface area contributed by atoms with Gasteiger partial charge in [-0.05, 0) is 30.7 Å². The third-order valence-electron chi connectivity index (χ3n) is 2.75. The summed E-state index contributed by atoms with van der Waals surface area (Å²) in [5.41, 5.74) is 5.50. The maximum Gasteiger partial charge on any atom is 0.242 e. The third kappa shape index (κ3) is 2.36. The Morgan fingerprint density at radius 3 is 2.62 bits per heavy atom. The molecule has 0 saturated carbocycles. The molecule has 0 heterocycles. The lowest BCUT2D eigenvalue weighted by Crippen LogP contribution is -2.52. The molecule has 3 N–H and O–H groups in total. The molecule has 3 nitrogen and oxygen atoms in total. The summed E-state index contributed by atoms with van der Waals surface area (Å²) in [7, 11) is 0. The van der Waals surface area contributed by atoms with Crippen molar-refractivity contribution in [2.75, 3.05) is 6.54 Å². The van der Waals surface area contributed by atoms with E-state index < -0.39 is 5.54 Å². The van der Waals surface area contributed by atoms with Crippen molar-refractivity contribution < 1.29 is 4.79 Å². The molecule has 0 radical (unpaired) electrons. The van der Waals surface area contributed by atoms with Gasteiger partial charge in [0, 0.05) is 5.02 Å². The van der Waals surface area contributed by atoms with E-state index in [2.05, 4.69) is 5.32 Å². The molecule has 4 heteroatoms. The Morgan fingerprint density at radius 2 is 2.19 bits per heavy atom. The van der Waals surface area contributed by atoms with Crippen molar-refractivity contribution in [3.05, 3.63) is 34.9 Å².